The number of hydrogen-bond acceptors (Lipinski definition) is 3. The van der Waals surface area contributed by atoms with Crippen molar-refractivity contribution in [2.75, 3.05) is 0 Å². The average Bonchev–Trinajstić information content (AvgIpc) is 2.19. The van der Waals surface area contributed by atoms with Crippen molar-refractivity contribution in [2.24, 2.45) is 0 Å². The molecular weight excluding hydrogens is 252 g/mol. The summed E-state index contributed by atoms with van der Waals surface area (Å²) in [5, 5.41) is 10.3. The molecule has 0 saturated carbocycles. The summed E-state index contributed by atoms with van der Waals surface area (Å²) < 4.78 is 11.2. The van der Waals surface area contributed by atoms with E-state index in [-0.39, 0.29) is 12.2 Å². The topological polar surface area (TPSA) is 38.7 Å². The second-order valence-electron chi connectivity index (χ2n) is 4.83. The van der Waals surface area contributed by atoms with Crippen LogP contribution < -0.4 is 9.47 Å². The summed E-state index contributed by atoms with van der Waals surface area (Å²) in [5.74, 6) is 1.17. The highest BCUT2D eigenvalue weighted by molar-refractivity contribution is 6.32. The van der Waals surface area contributed by atoms with E-state index in [4.69, 9.17) is 21.1 Å². The lowest BCUT2D eigenvalue weighted by Gasteiger charge is -2.19. The Balaban J connectivity index is 3.16. The van der Waals surface area contributed by atoms with Crippen LogP contribution in [0, 0.1) is 0 Å². The van der Waals surface area contributed by atoms with Gasteiger partial charge in [0, 0.05) is 11.6 Å². The zero-order valence-electron chi connectivity index (χ0n) is 11.5. The van der Waals surface area contributed by atoms with Crippen LogP contribution in [0.15, 0.2) is 12.1 Å². The van der Waals surface area contributed by atoms with Crippen LogP contribution in [-0.4, -0.2) is 17.3 Å². The second-order valence-corrected chi connectivity index (χ2v) is 5.24. The maximum atomic E-state index is 9.79. The van der Waals surface area contributed by atoms with Crippen molar-refractivity contribution in [3.05, 3.63) is 22.7 Å². The summed E-state index contributed by atoms with van der Waals surface area (Å²) in [4.78, 5) is 0. The molecule has 0 spiro atoms. The van der Waals surface area contributed by atoms with Crippen LogP contribution in [0.1, 0.15) is 46.3 Å². The van der Waals surface area contributed by atoms with Gasteiger partial charge in [0.05, 0.1) is 23.3 Å². The number of hydrogen-bond donors (Lipinski definition) is 1. The molecule has 1 aromatic carbocycles. The smallest absolute Gasteiger partial charge is 0.138 e. The second kappa shape index (κ2) is 6.30. The predicted molar refractivity (Wildman–Crippen MR) is 73.6 cm³/mol. The Morgan fingerprint density at radius 3 is 1.89 bits per heavy atom. The van der Waals surface area contributed by atoms with E-state index in [1.165, 1.54) is 0 Å². The van der Waals surface area contributed by atoms with E-state index in [0.29, 0.717) is 22.1 Å². The zero-order valence-corrected chi connectivity index (χ0v) is 12.3. The minimum absolute atomic E-state index is 0.0235. The van der Waals surface area contributed by atoms with Crippen LogP contribution in [0.2, 0.25) is 5.02 Å². The van der Waals surface area contributed by atoms with E-state index in [9.17, 15) is 5.11 Å². The molecule has 3 nitrogen and oxygen atoms in total. The Morgan fingerprint density at radius 1 is 0.944 bits per heavy atom. The quantitative estimate of drug-likeness (QED) is 0.881. The van der Waals surface area contributed by atoms with Crippen molar-refractivity contribution in [1.82, 2.24) is 0 Å². The van der Waals surface area contributed by atoms with Gasteiger partial charge in [-0.1, -0.05) is 11.6 Å². The third-order valence-corrected chi connectivity index (χ3v) is 2.54. The largest absolute Gasteiger partial charge is 0.491 e. The minimum Gasteiger partial charge on any atom is -0.491 e. The first kappa shape index (κ1) is 15.1. The van der Waals surface area contributed by atoms with Gasteiger partial charge in [0.25, 0.3) is 0 Å². The normalized spacial score (nSPS) is 12.9. The third-order valence-electron chi connectivity index (χ3n) is 2.24. The van der Waals surface area contributed by atoms with Crippen molar-refractivity contribution in [1.29, 1.82) is 0 Å². The van der Waals surface area contributed by atoms with Gasteiger partial charge >= 0.3 is 0 Å². The van der Waals surface area contributed by atoms with Crippen molar-refractivity contribution >= 4 is 11.6 Å². The molecule has 0 bridgehead atoms. The van der Waals surface area contributed by atoms with Gasteiger partial charge in [0.15, 0.2) is 0 Å². The molecule has 0 heterocycles. The standard InChI is InChI=1S/C14H21ClO3/c1-8(2)17-13-7-12(15)14(18-9(3)4)6-11(13)10(5)16/h6-10,16H,1-5H3. The van der Waals surface area contributed by atoms with E-state index in [0.717, 1.165) is 0 Å². The molecule has 1 unspecified atom stereocenters. The van der Waals surface area contributed by atoms with Gasteiger partial charge in [-0.2, -0.15) is 0 Å². The lowest BCUT2D eigenvalue weighted by molar-refractivity contribution is 0.180. The summed E-state index contributed by atoms with van der Waals surface area (Å²) >= 11 is 6.15. The van der Waals surface area contributed by atoms with Gasteiger partial charge in [0.1, 0.15) is 11.5 Å². The van der Waals surface area contributed by atoms with E-state index in [2.05, 4.69) is 0 Å². The monoisotopic (exact) mass is 272 g/mol. The zero-order chi connectivity index (χ0) is 13.9. The fourth-order valence-electron chi connectivity index (χ4n) is 1.58. The molecule has 0 aliphatic rings. The highest BCUT2D eigenvalue weighted by Crippen LogP contribution is 2.36. The predicted octanol–water partition coefficient (Wildman–Crippen LogP) is 3.97. The van der Waals surface area contributed by atoms with Crippen molar-refractivity contribution < 1.29 is 14.6 Å². The number of ether oxygens (including phenoxy) is 2. The first-order valence-electron chi connectivity index (χ1n) is 6.16. The van der Waals surface area contributed by atoms with Crippen LogP contribution in [0.5, 0.6) is 11.5 Å². The van der Waals surface area contributed by atoms with Gasteiger partial charge in [-0.05, 0) is 40.7 Å². The van der Waals surface area contributed by atoms with Crippen LogP contribution in [0.4, 0.5) is 0 Å². The van der Waals surface area contributed by atoms with Gasteiger partial charge in [-0.3, -0.25) is 0 Å². The molecule has 1 atom stereocenters. The Morgan fingerprint density at radius 2 is 1.44 bits per heavy atom. The summed E-state index contributed by atoms with van der Waals surface area (Å²) in [6.45, 7) is 9.40. The first-order chi connectivity index (χ1) is 8.31. The number of aliphatic hydroxyl groups is 1. The summed E-state index contributed by atoms with van der Waals surface area (Å²) in [7, 11) is 0. The molecule has 1 N–H and O–H groups in total. The van der Waals surface area contributed by atoms with Crippen molar-refractivity contribution in [2.45, 2.75) is 52.9 Å². The lowest BCUT2D eigenvalue weighted by Crippen LogP contribution is -2.10. The van der Waals surface area contributed by atoms with Gasteiger partial charge in [0.2, 0.25) is 0 Å². The van der Waals surface area contributed by atoms with Gasteiger partial charge < -0.3 is 14.6 Å². The van der Waals surface area contributed by atoms with E-state index in [1.807, 2.05) is 27.7 Å². The molecule has 0 radical (unpaired) electrons. The van der Waals surface area contributed by atoms with Gasteiger partial charge in [-0.15, -0.1) is 0 Å². The fraction of sp³-hybridized carbons (Fsp3) is 0.571. The average molecular weight is 273 g/mol. The Kier molecular flexibility index (Phi) is 5.29. The maximum absolute atomic E-state index is 9.79. The first-order valence-corrected chi connectivity index (χ1v) is 6.53. The molecule has 18 heavy (non-hydrogen) atoms. The number of benzene rings is 1. The molecule has 0 fully saturated rings. The molecular formula is C14H21ClO3. The molecule has 0 aromatic heterocycles. The Hall–Kier alpha value is -0.930. The fourth-order valence-corrected chi connectivity index (χ4v) is 1.78. The van der Waals surface area contributed by atoms with Crippen molar-refractivity contribution in [3.63, 3.8) is 0 Å². The van der Waals surface area contributed by atoms with Gasteiger partial charge in [-0.25, -0.2) is 0 Å². The Bertz CT molecular complexity index is 400. The van der Waals surface area contributed by atoms with E-state index < -0.39 is 6.10 Å². The molecule has 1 aromatic rings. The third kappa shape index (κ3) is 4.07. The van der Waals surface area contributed by atoms with Crippen LogP contribution in [0.3, 0.4) is 0 Å². The molecule has 0 aliphatic heterocycles. The SMILES string of the molecule is CC(C)Oc1cc(C(C)O)c(OC(C)C)cc1Cl. The summed E-state index contributed by atoms with van der Waals surface area (Å²) in [6, 6.07) is 3.44. The van der Waals surface area contributed by atoms with Crippen LogP contribution in [-0.2, 0) is 0 Å². The van der Waals surface area contributed by atoms with E-state index in [1.54, 1.807) is 19.1 Å². The molecule has 4 heteroatoms. The van der Waals surface area contributed by atoms with Crippen molar-refractivity contribution in [3.8, 4) is 11.5 Å². The minimum atomic E-state index is -0.634. The molecule has 102 valence electrons. The highest BCUT2D eigenvalue weighted by atomic mass is 35.5. The maximum Gasteiger partial charge on any atom is 0.138 e. The summed E-state index contributed by atoms with van der Waals surface area (Å²) in [6.07, 6.45) is -0.581. The van der Waals surface area contributed by atoms with E-state index >= 15 is 0 Å². The molecule has 0 aliphatic carbocycles. The highest BCUT2D eigenvalue weighted by Gasteiger charge is 2.16. The summed E-state index contributed by atoms with van der Waals surface area (Å²) in [5.41, 5.74) is 0.684. The Labute approximate surface area is 114 Å². The van der Waals surface area contributed by atoms with Crippen LogP contribution in [0.25, 0.3) is 0 Å². The molecule has 0 amide bonds. The number of halogens is 1. The lowest BCUT2D eigenvalue weighted by atomic mass is 10.1. The molecule has 1 rings (SSSR count). The van der Waals surface area contributed by atoms with Crippen LogP contribution >= 0.6 is 11.6 Å². The molecule has 0 saturated heterocycles. The number of rotatable bonds is 5. The number of aliphatic hydroxyl groups excluding tert-OH is 1.